The molecule has 2 aromatic rings. The molecule has 0 bridgehead atoms. The molecule has 2 N–H and O–H groups in total. The summed E-state index contributed by atoms with van der Waals surface area (Å²) < 4.78 is 0. The summed E-state index contributed by atoms with van der Waals surface area (Å²) in [7, 11) is 0. The molecule has 25 heavy (non-hydrogen) atoms. The van der Waals surface area contributed by atoms with Crippen LogP contribution in [0.1, 0.15) is 12.0 Å². The SMILES string of the molecule is Cc1cc(Cl)ccc1NC(=O)C1CC1C(=O)Nc1cc(Cl)cc(Cl)c1. The molecule has 1 aliphatic carbocycles. The Morgan fingerprint density at radius 3 is 2.08 bits per heavy atom. The number of hydrogen-bond donors (Lipinski definition) is 2. The van der Waals surface area contributed by atoms with Crippen LogP contribution in [0.25, 0.3) is 0 Å². The normalized spacial score (nSPS) is 18.6. The Labute approximate surface area is 160 Å². The molecule has 0 saturated heterocycles. The summed E-state index contributed by atoms with van der Waals surface area (Å²) in [5.74, 6) is -1.09. The predicted molar refractivity (Wildman–Crippen MR) is 102 cm³/mol. The van der Waals surface area contributed by atoms with E-state index in [0.717, 1.165) is 5.56 Å². The van der Waals surface area contributed by atoms with E-state index >= 15 is 0 Å². The van der Waals surface area contributed by atoms with Crippen molar-refractivity contribution in [3.63, 3.8) is 0 Å². The Balaban J connectivity index is 1.59. The van der Waals surface area contributed by atoms with Crippen LogP contribution in [0.4, 0.5) is 11.4 Å². The van der Waals surface area contributed by atoms with Crippen LogP contribution in [0.2, 0.25) is 15.1 Å². The third kappa shape index (κ3) is 4.46. The number of nitrogens with one attached hydrogen (secondary N) is 2. The minimum atomic E-state index is -0.356. The maximum Gasteiger partial charge on any atom is 0.228 e. The molecule has 2 amide bonds. The Bertz CT molecular complexity index is 834. The first-order valence-corrected chi connectivity index (χ1v) is 8.81. The van der Waals surface area contributed by atoms with Crippen LogP contribution in [-0.4, -0.2) is 11.8 Å². The van der Waals surface area contributed by atoms with E-state index in [4.69, 9.17) is 34.8 Å². The standard InChI is InChI=1S/C18H15Cl3N2O2/c1-9-4-10(19)2-3-16(9)23-18(25)15-8-14(15)17(24)22-13-6-11(20)5-12(21)7-13/h2-7,14-15H,8H2,1H3,(H,22,24)(H,23,25). The van der Waals surface area contributed by atoms with Gasteiger partial charge in [0.2, 0.25) is 11.8 Å². The smallest absolute Gasteiger partial charge is 0.228 e. The van der Waals surface area contributed by atoms with Crippen LogP contribution < -0.4 is 10.6 Å². The highest BCUT2D eigenvalue weighted by molar-refractivity contribution is 6.35. The Morgan fingerprint density at radius 1 is 0.880 bits per heavy atom. The number of halogens is 3. The van der Waals surface area contributed by atoms with Gasteiger partial charge in [0.25, 0.3) is 0 Å². The molecule has 0 heterocycles. The van der Waals surface area contributed by atoms with E-state index in [0.29, 0.717) is 32.9 Å². The molecular weight excluding hydrogens is 383 g/mol. The maximum absolute atomic E-state index is 12.3. The van der Waals surface area contributed by atoms with Crippen LogP contribution in [0.3, 0.4) is 0 Å². The molecule has 1 fully saturated rings. The van der Waals surface area contributed by atoms with Crippen molar-refractivity contribution in [3.05, 3.63) is 57.0 Å². The third-order valence-corrected chi connectivity index (χ3v) is 4.71. The molecule has 3 rings (SSSR count). The van der Waals surface area contributed by atoms with Crippen molar-refractivity contribution in [2.45, 2.75) is 13.3 Å². The molecule has 4 nitrogen and oxygen atoms in total. The minimum Gasteiger partial charge on any atom is -0.326 e. The molecule has 2 unspecified atom stereocenters. The second-order valence-electron chi connectivity index (χ2n) is 6.04. The van der Waals surface area contributed by atoms with Gasteiger partial charge in [-0.05, 0) is 55.3 Å². The van der Waals surface area contributed by atoms with E-state index in [2.05, 4.69) is 10.6 Å². The van der Waals surface area contributed by atoms with Gasteiger partial charge in [0, 0.05) is 26.4 Å². The molecule has 1 saturated carbocycles. The largest absolute Gasteiger partial charge is 0.326 e. The number of anilines is 2. The molecule has 130 valence electrons. The molecule has 1 aliphatic rings. The lowest BCUT2D eigenvalue weighted by Gasteiger charge is -2.09. The number of aryl methyl sites for hydroxylation is 1. The Kier molecular flexibility index (Phi) is 5.23. The molecule has 2 aromatic carbocycles. The second-order valence-corrected chi connectivity index (χ2v) is 7.35. The average Bonchev–Trinajstić information content (AvgIpc) is 3.29. The van der Waals surface area contributed by atoms with E-state index in [1.54, 1.807) is 36.4 Å². The summed E-state index contributed by atoms with van der Waals surface area (Å²) in [6.07, 6.45) is 0.513. The first-order chi connectivity index (χ1) is 11.8. The zero-order chi connectivity index (χ0) is 18.1. The van der Waals surface area contributed by atoms with Gasteiger partial charge >= 0.3 is 0 Å². The van der Waals surface area contributed by atoms with Crippen LogP contribution in [0, 0.1) is 18.8 Å². The summed E-state index contributed by atoms with van der Waals surface area (Å²) in [4.78, 5) is 24.6. The van der Waals surface area contributed by atoms with Crippen molar-refractivity contribution >= 4 is 58.0 Å². The van der Waals surface area contributed by atoms with E-state index in [9.17, 15) is 9.59 Å². The van der Waals surface area contributed by atoms with Crippen molar-refractivity contribution < 1.29 is 9.59 Å². The van der Waals surface area contributed by atoms with Crippen LogP contribution >= 0.6 is 34.8 Å². The van der Waals surface area contributed by atoms with Crippen LogP contribution in [0.15, 0.2) is 36.4 Å². The summed E-state index contributed by atoms with van der Waals surface area (Å²) in [6.45, 7) is 1.86. The van der Waals surface area contributed by atoms with Gasteiger partial charge in [-0.2, -0.15) is 0 Å². The molecule has 0 aliphatic heterocycles. The molecule has 0 spiro atoms. The fourth-order valence-corrected chi connectivity index (χ4v) is 3.38. The maximum atomic E-state index is 12.3. The predicted octanol–water partition coefficient (Wildman–Crippen LogP) is 5.17. The third-order valence-electron chi connectivity index (χ3n) is 4.04. The Hall–Kier alpha value is -1.75. The number of carbonyl (C=O) groups excluding carboxylic acids is 2. The number of rotatable bonds is 4. The average molecular weight is 398 g/mol. The highest BCUT2D eigenvalue weighted by atomic mass is 35.5. The molecule has 0 aromatic heterocycles. The van der Waals surface area contributed by atoms with Crippen LogP contribution in [-0.2, 0) is 9.59 Å². The van der Waals surface area contributed by atoms with Gasteiger partial charge in [0.05, 0.1) is 11.8 Å². The first-order valence-electron chi connectivity index (χ1n) is 7.67. The van der Waals surface area contributed by atoms with Crippen molar-refractivity contribution in [2.24, 2.45) is 11.8 Å². The van der Waals surface area contributed by atoms with Crippen LogP contribution in [0.5, 0.6) is 0 Å². The fourth-order valence-electron chi connectivity index (χ4n) is 2.63. The highest BCUT2D eigenvalue weighted by Gasteiger charge is 2.48. The lowest BCUT2D eigenvalue weighted by molar-refractivity contribution is -0.122. The van der Waals surface area contributed by atoms with Crippen molar-refractivity contribution in [3.8, 4) is 0 Å². The summed E-state index contributed by atoms with van der Waals surface area (Å²) in [5.41, 5.74) is 2.08. The summed E-state index contributed by atoms with van der Waals surface area (Å²) in [6, 6.07) is 10.0. The van der Waals surface area contributed by atoms with E-state index < -0.39 is 0 Å². The van der Waals surface area contributed by atoms with Gasteiger partial charge in [-0.3, -0.25) is 9.59 Å². The topological polar surface area (TPSA) is 58.2 Å². The van der Waals surface area contributed by atoms with Gasteiger partial charge < -0.3 is 10.6 Å². The monoisotopic (exact) mass is 396 g/mol. The number of benzene rings is 2. The van der Waals surface area contributed by atoms with Crippen molar-refractivity contribution in [1.82, 2.24) is 0 Å². The minimum absolute atomic E-state index is 0.172. The summed E-state index contributed by atoms with van der Waals surface area (Å²) in [5, 5.41) is 7.08. The van der Waals surface area contributed by atoms with E-state index in [-0.39, 0.29) is 23.7 Å². The van der Waals surface area contributed by atoms with Gasteiger partial charge in [0.1, 0.15) is 0 Å². The first kappa shape index (κ1) is 18.1. The van der Waals surface area contributed by atoms with E-state index in [1.165, 1.54) is 0 Å². The quantitative estimate of drug-likeness (QED) is 0.748. The second kappa shape index (κ2) is 7.24. The van der Waals surface area contributed by atoms with Gasteiger partial charge in [-0.25, -0.2) is 0 Å². The lowest BCUT2D eigenvalue weighted by Crippen LogP contribution is -2.20. The molecule has 0 radical (unpaired) electrons. The highest BCUT2D eigenvalue weighted by Crippen LogP contribution is 2.40. The number of amides is 2. The number of carbonyl (C=O) groups is 2. The van der Waals surface area contributed by atoms with Crippen molar-refractivity contribution in [1.29, 1.82) is 0 Å². The molecule has 7 heteroatoms. The fraction of sp³-hybridized carbons (Fsp3) is 0.222. The molecule has 2 atom stereocenters. The van der Waals surface area contributed by atoms with Gasteiger partial charge in [-0.15, -0.1) is 0 Å². The van der Waals surface area contributed by atoms with Crippen molar-refractivity contribution in [2.75, 3.05) is 10.6 Å². The zero-order valence-corrected chi connectivity index (χ0v) is 15.5. The zero-order valence-electron chi connectivity index (χ0n) is 13.3. The van der Waals surface area contributed by atoms with E-state index in [1.807, 2.05) is 6.92 Å². The summed E-state index contributed by atoms with van der Waals surface area (Å²) >= 11 is 17.7. The molecular formula is C18H15Cl3N2O2. The van der Waals surface area contributed by atoms with Gasteiger partial charge in [0.15, 0.2) is 0 Å². The van der Waals surface area contributed by atoms with Gasteiger partial charge in [-0.1, -0.05) is 34.8 Å². The lowest BCUT2D eigenvalue weighted by atomic mass is 10.2. The number of hydrogen-bond acceptors (Lipinski definition) is 2. The Morgan fingerprint density at radius 2 is 1.48 bits per heavy atom.